The van der Waals surface area contributed by atoms with Crippen LogP contribution in [-0.4, -0.2) is 32.1 Å². The fourth-order valence-corrected chi connectivity index (χ4v) is 3.13. The van der Waals surface area contributed by atoms with Crippen molar-refractivity contribution in [3.8, 4) is 0 Å². The molecule has 1 aliphatic heterocycles. The van der Waals surface area contributed by atoms with E-state index in [2.05, 4.69) is 10.2 Å². The Morgan fingerprint density at radius 3 is 2.45 bits per heavy atom. The minimum Gasteiger partial charge on any atom is -0.319 e. The Morgan fingerprint density at radius 1 is 1.25 bits per heavy atom. The molecule has 1 N–H and O–H groups in total. The third-order valence-electron chi connectivity index (χ3n) is 4.05. The van der Waals surface area contributed by atoms with Crippen molar-refractivity contribution in [1.29, 1.82) is 0 Å². The maximum absolute atomic E-state index is 12.6. The molecule has 1 aromatic carbocycles. The molecular formula is C15H21F3N2. The quantitative estimate of drug-likeness (QED) is 0.917. The molecule has 2 nitrogen and oxygen atoms in total. The highest BCUT2D eigenvalue weighted by molar-refractivity contribution is 5.27. The van der Waals surface area contributed by atoms with Gasteiger partial charge in [0.15, 0.2) is 0 Å². The van der Waals surface area contributed by atoms with Gasteiger partial charge in [-0.2, -0.15) is 13.2 Å². The molecule has 2 unspecified atom stereocenters. The van der Waals surface area contributed by atoms with E-state index in [1.807, 2.05) is 14.1 Å². The summed E-state index contributed by atoms with van der Waals surface area (Å²) in [5.74, 6) is 0.440. The lowest BCUT2D eigenvalue weighted by molar-refractivity contribution is -0.137. The summed E-state index contributed by atoms with van der Waals surface area (Å²) in [4.78, 5) is 2.24. The summed E-state index contributed by atoms with van der Waals surface area (Å²) < 4.78 is 37.8. The number of piperidine rings is 1. The number of nitrogens with zero attached hydrogens (tertiary/aromatic N) is 1. The van der Waals surface area contributed by atoms with Gasteiger partial charge in [0, 0.05) is 6.04 Å². The van der Waals surface area contributed by atoms with Crippen molar-refractivity contribution < 1.29 is 13.2 Å². The molecule has 0 bridgehead atoms. The highest BCUT2D eigenvalue weighted by Gasteiger charge is 2.32. The molecule has 1 aliphatic rings. The summed E-state index contributed by atoms with van der Waals surface area (Å²) in [6.07, 6.45) is -2.02. The Hall–Kier alpha value is -1.07. The molecule has 0 saturated carbocycles. The van der Waals surface area contributed by atoms with E-state index in [9.17, 15) is 13.2 Å². The monoisotopic (exact) mass is 286 g/mol. The summed E-state index contributed by atoms with van der Waals surface area (Å²) in [6.45, 7) is 1.88. The molecule has 1 saturated heterocycles. The van der Waals surface area contributed by atoms with Crippen LogP contribution < -0.4 is 5.32 Å². The highest BCUT2D eigenvalue weighted by atomic mass is 19.4. The molecular weight excluding hydrogens is 265 g/mol. The average molecular weight is 286 g/mol. The van der Waals surface area contributed by atoms with Crippen LogP contribution in [0.25, 0.3) is 0 Å². The van der Waals surface area contributed by atoms with Crippen LogP contribution in [0.15, 0.2) is 24.3 Å². The maximum Gasteiger partial charge on any atom is 0.416 e. The SMILES string of the molecule is CNCC1CCCN(C)C1c1ccc(C(F)(F)F)cc1. The second kappa shape index (κ2) is 6.14. The predicted octanol–water partition coefficient (Wildman–Crippen LogP) is 3.31. The van der Waals surface area contributed by atoms with Gasteiger partial charge in [-0.1, -0.05) is 12.1 Å². The van der Waals surface area contributed by atoms with E-state index in [-0.39, 0.29) is 6.04 Å². The number of hydrogen-bond donors (Lipinski definition) is 1. The van der Waals surface area contributed by atoms with Crippen LogP contribution in [0, 0.1) is 5.92 Å². The molecule has 1 aromatic rings. The standard InChI is InChI=1S/C15H21F3N2/c1-19-10-12-4-3-9-20(2)14(12)11-5-7-13(8-6-11)15(16,17)18/h5-8,12,14,19H,3-4,9-10H2,1-2H3. The number of halogens is 3. The maximum atomic E-state index is 12.6. The van der Waals surface area contributed by atoms with Crippen LogP contribution in [0.2, 0.25) is 0 Å². The molecule has 5 heteroatoms. The summed E-state index contributed by atoms with van der Waals surface area (Å²) in [7, 11) is 3.96. The molecule has 0 aromatic heterocycles. The molecule has 1 heterocycles. The first-order valence-electron chi connectivity index (χ1n) is 6.95. The summed E-state index contributed by atoms with van der Waals surface area (Å²) >= 11 is 0. The highest BCUT2D eigenvalue weighted by Crippen LogP contribution is 2.36. The molecule has 20 heavy (non-hydrogen) atoms. The van der Waals surface area contributed by atoms with Gasteiger partial charge in [0.05, 0.1) is 5.56 Å². The van der Waals surface area contributed by atoms with E-state index in [0.29, 0.717) is 5.92 Å². The lowest BCUT2D eigenvalue weighted by atomic mass is 9.84. The topological polar surface area (TPSA) is 15.3 Å². The van der Waals surface area contributed by atoms with Crippen molar-refractivity contribution in [3.63, 3.8) is 0 Å². The van der Waals surface area contributed by atoms with Crippen molar-refractivity contribution in [2.75, 3.05) is 27.2 Å². The zero-order valence-corrected chi connectivity index (χ0v) is 11.9. The van der Waals surface area contributed by atoms with E-state index in [1.165, 1.54) is 12.1 Å². The number of likely N-dealkylation sites (tertiary alicyclic amines) is 1. The molecule has 0 aliphatic carbocycles. The third kappa shape index (κ3) is 3.33. The van der Waals surface area contributed by atoms with Crippen molar-refractivity contribution in [2.24, 2.45) is 5.92 Å². The third-order valence-corrected chi connectivity index (χ3v) is 4.05. The van der Waals surface area contributed by atoms with Crippen molar-refractivity contribution in [3.05, 3.63) is 35.4 Å². The lowest BCUT2D eigenvalue weighted by Crippen LogP contribution is -2.39. The number of benzene rings is 1. The minimum atomic E-state index is -4.26. The number of nitrogens with one attached hydrogen (secondary N) is 1. The molecule has 2 rings (SSSR count). The Bertz CT molecular complexity index is 426. The average Bonchev–Trinajstić information content (AvgIpc) is 2.38. The van der Waals surface area contributed by atoms with Crippen molar-refractivity contribution in [1.82, 2.24) is 10.2 Å². The Balaban J connectivity index is 2.23. The molecule has 2 atom stereocenters. The molecule has 0 amide bonds. The minimum absolute atomic E-state index is 0.193. The number of rotatable bonds is 3. The summed E-state index contributed by atoms with van der Waals surface area (Å²) in [5, 5.41) is 3.19. The molecule has 1 fully saturated rings. The van der Waals surface area contributed by atoms with Crippen LogP contribution in [0.4, 0.5) is 13.2 Å². The first-order chi connectivity index (χ1) is 9.43. The normalized spacial score (nSPS) is 24.9. The zero-order chi connectivity index (χ0) is 14.8. The van der Waals surface area contributed by atoms with E-state index >= 15 is 0 Å². The van der Waals surface area contributed by atoms with Crippen LogP contribution >= 0.6 is 0 Å². The van der Waals surface area contributed by atoms with Crippen LogP contribution in [0.3, 0.4) is 0 Å². The summed E-state index contributed by atoms with van der Waals surface area (Å²) in [5.41, 5.74) is 0.394. The smallest absolute Gasteiger partial charge is 0.319 e. The van der Waals surface area contributed by atoms with Crippen LogP contribution in [0.5, 0.6) is 0 Å². The van der Waals surface area contributed by atoms with E-state index in [4.69, 9.17) is 0 Å². The van der Waals surface area contributed by atoms with Gasteiger partial charge in [0.1, 0.15) is 0 Å². The Labute approximate surface area is 118 Å². The molecule has 0 radical (unpaired) electrons. The fourth-order valence-electron chi connectivity index (χ4n) is 3.13. The van der Waals surface area contributed by atoms with Gasteiger partial charge >= 0.3 is 6.18 Å². The molecule has 112 valence electrons. The summed E-state index contributed by atoms with van der Waals surface area (Å²) in [6, 6.07) is 5.82. The number of alkyl halides is 3. The first-order valence-corrected chi connectivity index (χ1v) is 6.95. The van der Waals surface area contributed by atoms with Gasteiger partial charge in [0.2, 0.25) is 0 Å². The molecule has 0 spiro atoms. The van der Waals surface area contributed by atoms with Crippen molar-refractivity contribution in [2.45, 2.75) is 25.1 Å². The Morgan fingerprint density at radius 2 is 1.90 bits per heavy atom. The first kappa shape index (κ1) is 15.3. The van der Waals surface area contributed by atoms with Crippen LogP contribution in [-0.2, 0) is 6.18 Å². The van der Waals surface area contributed by atoms with Gasteiger partial charge in [-0.15, -0.1) is 0 Å². The van der Waals surface area contributed by atoms with Gasteiger partial charge in [-0.05, 0) is 63.6 Å². The van der Waals surface area contributed by atoms with Gasteiger partial charge in [-0.3, -0.25) is 4.90 Å². The largest absolute Gasteiger partial charge is 0.416 e. The van der Waals surface area contributed by atoms with Crippen LogP contribution in [0.1, 0.15) is 30.0 Å². The van der Waals surface area contributed by atoms with Gasteiger partial charge < -0.3 is 5.32 Å². The van der Waals surface area contributed by atoms with E-state index in [1.54, 1.807) is 12.1 Å². The second-order valence-corrected chi connectivity index (χ2v) is 5.51. The predicted molar refractivity (Wildman–Crippen MR) is 73.5 cm³/mol. The van der Waals surface area contributed by atoms with Gasteiger partial charge in [-0.25, -0.2) is 0 Å². The lowest BCUT2D eigenvalue weighted by Gasteiger charge is -2.39. The van der Waals surface area contributed by atoms with E-state index < -0.39 is 11.7 Å². The van der Waals surface area contributed by atoms with Gasteiger partial charge in [0.25, 0.3) is 0 Å². The van der Waals surface area contributed by atoms with E-state index in [0.717, 1.165) is 31.5 Å². The Kier molecular flexibility index (Phi) is 4.70. The number of hydrogen-bond acceptors (Lipinski definition) is 2. The van der Waals surface area contributed by atoms with Crippen molar-refractivity contribution >= 4 is 0 Å². The zero-order valence-electron chi connectivity index (χ0n) is 11.9. The fraction of sp³-hybridized carbons (Fsp3) is 0.600. The second-order valence-electron chi connectivity index (χ2n) is 5.51.